The van der Waals surface area contributed by atoms with Crippen LogP contribution in [0.1, 0.15) is 19.8 Å². The highest BCUT2D eigenvalue weighted by atomic mass is 16.2. The number of piperidine rings is 1. The van der Waals surface area contributed by atoms with Gasteiger partial charge in [0, 0.05) is 24.3 Å². The first-order valence-electron chi connectivity index (χ1n) is 5.97. The predicted octanol–water partition coefficient (Wildman–Crippen LogP) is 2.03. The summed E-state index contributed by atoms with van der Waals surface area (Å²) in [5, 5.41) is 2.88. The summed E-state index contributed by atoms with van der Waals surface area (Å²) in [4.78, 5) is 13.8. The lowest BCUT2D eigenvalue weighted by molar-refractivity contribution is 0.169. The smallest absolute Gasteiger partial charge is 0.321 e. The van der Waals surface area contributed by atoms with Crippen LogP contribution in [0.3, 0.4) is 0 Å². The average Bonchev–Trinajstić information content (AvgIpc) is 2.29. The molecule has 92 valence electrons. The molecule has 1 unspecified atom stereocenters. The zero-order valence-electron chi connectivity index (χ0n) is 10.1. The van der Waals surface area contributed by atoms with Gasteiger partial charge in [-0.3, -0.25) is 0 Å². The Labute approximate surface area is 102 Å². The number of carbonyl (C=O) groups is 1. The first kappa shape index (κ1) is 11.9. The van der Waals surface area contributed by atoms with E-state index in [0.29, 0.717) is 6.54 Å². The van der Waals surface area contributed by atoms with Crippen LogP contribution >= 0.6 is 0 Å². The van der Waals surface area contributed by atoms with Crippen LogP contribution < -0.4 is 11.1 Å². The van der Waals surface area contributed by atoms with Crippen molar-refractivity contribution in [2.75, 3.05) is 18.4 Å². The van der Waals surface area contributed by atoms with Gasteiger partial charge in [0.05, 0.1) is 0 Å². The number of para-hydroxylation sites is 1. The summed E-state index contributed by atoms with van der Waals surface area (Å²) in [5.74, 6) is 0. The average molecular weight is 233 g/mol. The van der Waals surface area contributed by atoms with Crippen molar-refractivity contribution in [3.8, 4) is 0 Å². The molecule has 2 rings (SSSR count). The number of hydrogen-bond acceptors (Lipinski definition) is 2. The molecule has 0 radical (unpaired) electrons. The van der Waals surface area contributed by atoms with Crippen molar-refractivity contribution in [2.24, 2.45) is 5.73 Å². The Morgan fingerprint density at radius 2 is 2.12 bits per heavy atom. The van der Waals surface area contributed by atoms with Gasteiger partial charge in [-0.15, -0.1) is 0 Å². The third-order valence-corrected chi connectivity index (χ3v) is 3.04. The molecule has 0 aromatic heterocycles. The lowest BCUT2D eigenvalue weighted by atomic mass is 9.93. The molecule has 1 aromatic rings. The molecule has 1 fully saturated rings. The van der Waals surface area contributed by atoms with E-state index in [0.717, 1.165) is 25.1 Å². The van der Waals surface area contributed by atoms with Crippen molar-refractivity contribution in [3.63, 3.8) is 0 Å². The standard InChI is InChI=1S/C13H19N3O/c1-13(14)8-5-9-16(10-13)12(17)15-11-6-3-2-4-7-11/h2-4,6-7H,5,8-10,14H2,1H3,(H,15,17). The summed E-state index contributed by atoms with van der Waals surface area (Å²) in [6.45, 7) is 3.39. The highest BCUT2D eigenvalue weighted by molar-refractivity contribution is 5.89. The van der Waals surface area contributed by atoms with Crippen LogP contribution in [0, 0.1) is 0 Å². The first-order chi connectivity index (χ1) is 8.07. The molecule has 0 spiro atoms. The molecule has 4 heteroatoms. The van der Waals surface area contributed by atoms with Gasteiger partial charge in [-0.1, -0.05) is 18.2 Å². The van der Waals surface area contributed by atoms with Crippen LogP contribution in [0.5, 0.6) is 0 Å². The Hall–Kier alpha value is -1.55. The number of hydrogen-bond donors (Lipinski definition) is 2. The summed E-state index contributed by atoms with van der Waals surface area (Å²) in [6.07, 6.45) is 1.94. The molecule has 0 bridgehead atoms. The van der Waals surface area contributed by atoms with Gasteiger partial charge < -0.3 is 16.0 Å². The van der Waals surface area contributed by atoms with E-state index in [-0.39, 0.29) is 11.6 Å². The molecule has 1 heterocycles. The molecular weight excluding hydrogens is 214 g/mol. The molecular formula is C13H19N3O. The number of benzene rings is 1. The van der Waals surface area contributed by atoms with E-state index in [4.69, 9.17) is 5.73 Å². The summed E-state index contributed by atoms with van der Waals surface area (Å²) in [7, 11) is 0. The van der Waals surface area contributed by atoms with Gasteiger partial charge >= 0.3 is 6.03 Å². The second kappa shape index (κ2) is 4.75. The molecule has 2 amide bonds. The van der Waals surface area contributed by atoms with E-state index in [2.05, 4.69) is 5.32 Å². The number of nitrogens with one attached hydrogen (secondary N) is 1. The van der Waals surface area contributed by atoms with Gasteiger partial charge in [-0.2, -0.15) is 0 Å². The first-order valence-corrected chi connectivity index (χ1v) is 5.97. The third-order valence-electron chi connectivity index (χ3n) is 3.04. The van der Waals surface area contributed by atoms with E-state index in [1.54, 1.807) is 4.90 Å². The second-order valence-corrected chi connectivity index (χ2v) is 4.98. The van der Waals surface area contributed by atoms with Gasteiger partial charge in [0.25, 0.3) is 0 Å². The molecule has 17 heavy (non-hydrogen) atoms. The number of anilines is 1. The molecule has 4 nitrogen and oxygen atoms in total. The number of rotatable bonds is 1. The maximum Gasteiger partial charge on any atom is 0.321 e. The number of nitrogens with zero attached hydrogens (tertiary/aromatic N) is 1. The third kappa shape index (κ3) is 3.20. The fourth-order valence-corrected chi connectivity index (χ4v) is 2.17. The topological polar surface area (TPSA) is 58.4 Å². The molecule has 1 atom stereocenters. The normalized spacial score (nSPS) is 24.5. The zero-order valence-corrected chi connectivity index (χ0v) is 10.1. The van der Waals surface area contributed by atoms with E-state index < -0.39 is 0 Å². The van der Waals surface area contributed by atoms with Crippen molar-refractivity contribution in [1.82, 2.24) is 4.90 Å². The van der Waals surface area contributed by atoms with Crippen molar-refractivity contribution in [2.45, 2.75) is 25.3 Å². The number of amides is 2. The number of urea groups is 1. The molecule has 1 aromatic carbocycles. The van der Waals surface area contributed by atoms with E-state index in [1.165, 1.54) is 0 Å². The van der Waals surface area contributed by atoms with Gasteiger partial charge in [-0.25, -0.2) is 4.79 Å². The van der Waals surface area contributed by atoms with Crippen molar-refractivity contribution >= 4 is 11.7 Å². The van der Waals surface area contributed by atoms with Crippen LogP contribution in [-0.4, -0.2) is 29.6 Å². The minimum absolute atomic E-state index is 0.0624. The van der Waals surface area contributed by atoms with E-state index >= 15 is 0 Å². The van der Waals surface area contributed by atoms with Gasteiger partial charge in [0.15, 0.2) is 0 Å². The Morgan fingerprint density at radius 1 is 1.41 bits per heavy atom. The maximum absolute atomic E-state index is 12.0. The van der Waals surface area contributed by atoms with Crippen molar-refractivity contribution in [3.05, 3.63) is 30.3 Å². The number of carbonyl (C=O) groups excluding carboxylic acids is 1. The molecule has 0 aliphatic carbocycles. The Morgan fingerprint density at radius 3 is 2.76 bits per heavy atom. The molecule has 3 N–H and O–H groups in total. The summed E-state index contributed by atoms with van der Waals surface area (Å²) in [5.41, 5.74) is 6.64. The van der Waals surface area contributed by atoms with Crippen molar-refractivity contribution < 1.29 is 4.79 Å². The number of nitrogens with two attached hydrogens (primary N) is 1. The largest absolute Gasteiger partial charge is 0.324 e. The SMILES string of the molecule is CC1(N)CCCN(C(=O)Nc2ccccc2)C1. The lowest BCUT2D eigenvalue weighted by Gasteiger charge is -2.37. The van der Waals surface area contributed by atoms with E-state index in [1.807, 2.05) is 37.3 Å². The zero-order chi connectivity index (χ0) is 12.3. The Kier molecular flexibility index (Phi) is 3.33. The summed E-state index contributed by atoms with van der Waals surface area (Å²) >= 11 is 0. The highest BCUT2D eigenvalue weighted by Gasteiger charge is 2.29. The Balaban J connectivity index is 1.96. The molecule has 1 aliphatic rings. The second-order valence-electron chi connectivity index (χ2n) is 4.98. The Bertz CT molecular complexity index is 389. The monoisotopic (exact) mass is 233 g/mol. The maximum atomic E-state index is 12.0. The van der Waals surface area contributed by atoms with Gasteiger partial charge in [0.2, 0.25) is 0 Å². The quantitative estimate of drug-likeness (QED) is 0.779. The van der Waals surface area contributed by atoms with Crippen LogP contribution in [0.4, 0.5) is 10.5 Å². The molecule has 1 aliphatic heterocycles. The fourth-order valence-electron chi connectivity index (χ4n) is 2.17. The lowest BCUT2D eigenvalue weighted by Crippen LogP contribution is -2.54. The van der Waals surface area contributed by atoms with E-state index in [9.17, 15) is 4.79 Å². The minimum atomic E-state index is -0.258. The van der Waals surface area contributed by atoms with Gasteiger partial charge in [-0.05, 0) is 31.9 Å². The number of likely N-dealkylation sites (tertiary alicyclic amines) is 1. The summed E-state index contributed by atoms with van der Waals surface area (Å²) in [6, 6.07) is 9.42. The van der Waals surface area contributed by atoms with Crippen LogP contribution in [-0.2, 0) is 0 Å². The molecule has 0 saturated carbocycles. The molecule has 1 saturated heterocycles. The van der Waals surface area contributed by atoms with Crippen LogP contribution in [0.15, 0.2) is 30.3 Å². The van der Waals surface area contributed by atoms with Crippen LogP contribution in [0.2, 0.25) is 0 Å². The van der Waals surface area contributed by atoms with Gasteiger partial charge in [0.1, 0.15) is 0 Å². The summed E-state index contributed by atoms with van der Waals surface area (Å²) < 4.78 is 0. The highest BCUT2D eigenvalue weighted by Crippen LogP contribution is 2.18. The predicted molar refractivity (Wildman–Crippen MR) is 68.9 cm³/mol. The van der Waals surface area contributed by atoms with Crippen LogP contribution in [0.25, 0.3) is 0 Å². The van der Waals surface area contributed by atoms with Crippen molar-refractivity contribution in [1.29, 1.82) is 0 Å². The minimum Gasteiger partial charge on any atom is -0.324 e. The fraction of sp³-hybridized carbons (Fsp3) is 0.462.